The summed E-state index contributed by atoms with van der Waals surface area (Å²) in [6.45, 7) is 2.09. The molecule has 0 bridgehead atoms. The SMILES string of the molecule is CCOC(=O)c1cnccc1NCCl. The average molecular weight is 215 g/mol. The van der Waals surface area contributed by atoms with Crippen LogP contribution in [0.15, 0.2) is 18.5 Å². The van der Waals surface area contributed by atoms with Gasteiger partial charge in [-0.2, -0.15) is 0 Å². The van der Waals surface area contributed by atoms with Crippen molar-refractivity contribution in [1.82, 2.24) is 4.98 Å². The first kappa shape index (κ1) is 10.8. The topological polar surface area (TPSA) is 51.2 Å². The van der Waals surface area contributed by atoms with Gasteiger partial charge in [-0.3, -0.25) is 4.98 Å². The molecule has 0 aliphatic carbocycles. The van der Waals surface area contributed by atoms with Gasteiger partial charge in [-0.1, -0.05) is 0 Å². The number of nitrogens with zero attached hydrogens (tertiary/aromatic N) is 1. The molecule has 0 saturated carbocycles. The van der Waals surface area contributed by atoms with Gasteiger partial charge in [0, 0.05) is 12.4 Å². The highest BCUT2D eigenvalue weighted by molar-refractivity contribution is 6.19. The fourth-order valence-electron chi connectivity index (χ4n) is 0.992. The Bertz CT molecular complexity index is 317. The molecule has 0 unspecified atom stereocenters. The zero-order chi connectivity index (χ0) is 10.4. The predicted octanol–water partition coefficient (Wildman–Crippen LogP) is 1.87. The summed E-state index contributed by atoms with van der Waals surface area (Å²) in [6.07, 6.45) is 3.03. The van der Waals surface area contributed by atoms with Gasteiger partial charge < -0.3 is 10.1 Å². The number of pyridine rings is 1. The van der Waals surface area contributed by atoms with Gasteiger partial charge in [0.25, 0.3) is 0 Å². The third kappa shape index (κ3) is 2.60. The van der Waals surface area contributed by atoms with Crippen LogP contribution < -0.4 is 5.32 Å². The van der Waals surface area contributed by atoms with E-state index < -0.39 is 5.97 Å². The van der Waals surface area contributed by atoms with Crippen LogP contribution in [0, 0.1) is 0 Å². The quantitative estimate of drug-likeness (QED) is 0.472. The van der Waals surface area contributed by atoms with Crippen LogP contribution in [-0.2, 0) is 4.74 Å². The number of carbonyl (C=O) groups excluding carboxylic acids is 1. The summed E-state index contributed by atoms with van der Waals surface area (Å²) in [5.74, 6) is -0.395. The van der Waals surface area contributed by atoms with Crippen LogP contribution in [-0.4, -0.2) is 23.6 Å². The molecule has 0 radical (unpaired) electrons. The zero-order valence-corrected chi connectivity index (χ0v) is 8.54. The van der Waals surface area contributed by atoms with Crippen molar-refractivity contribution >= 4 is 23.3 Å². The lowest BCUT2D eigenvalue weighted by atomic mass is 10.2. The minimum Gasteiger partial charge on any atom is -0.462 e. The third-order valence-corrected chi connectivity index (χ3v) is 1.71. The molecule has 0 fully saturated rings. The number of hydrogen-bond donors (Lipinski definition) is 1. The maximum absolute atomic E-state index is 11.4. The molecule has 0 spiro atoms. The minimum atomic E-state index is -0.395. The van der Waals surface area contributed by atoms with Crippen molar-refractivity contribution in [3.63, 3.8) is 0 Å². The van der Waals surface area contributed by atoms with Gasteiger partial charge in [0.15, 0.2) is 0 Å². The first-order valence-electron chi connectivity index (χ1n) is 4.20. The number of rotatable bonds is 4. The monoisotopic (exact) mass is 214 g/mol. The normalized spacial score (nSPS) is 9.57. The Morgan fingerprint density at radius 3 is 3.14 bits per heavy atom. The van der Waals surface area contributed by atoms with E-state index in [1.807, 2.05) is 0 Å². The molecule has 1 aromatic rings. The van der Waals surface area contributed by atoms with E-state index >= 15 is 0 Å². The summed E-state index contributed by atoms with van der Waals surface area (Å²) >= 11 is 5.51. The lowest BCUT2D eigenvalue weighted by Crippen LogP contribution is -2.09. The number of nitrogens with one attached hydrogen (secondary N) is 1. The molecule has 14 heavy (non-hydrogen) atoms. The molecular weight excluding hydrogens is 204 g/mol. The fraction of sp³-hybridized carbons (Fsp3) is 0.333. The highest BCUT2D eigenvalue weighted by Crippen LogP contribution is 2.14. The summed E-state index contributed by atoms with van der Waals surface area (Å²) in [6, 6.07) is 1.91. The second-order valence-electron chi connectivity index (χ2n) is 2.45. The molecule has 1 rings (SSSR count). The molecule has 0 atom stereocenters. The summed E-state index contributed by atoms with van der Waals surface area (Å²) in [7, 11) is 0. The molecular formula is C9H11ClN2O2. The zero-order valence-electron chi connectivity index (χ0n) is 7.79. The summed E-state index contributed by atoms with van der Waals surface area (Å²) in [5, 5.41) is 2.84. The number of ether oxygens (including phenoxy) is 1. The number of carbonyl (C=O) groups is 1. The van der Waals surface area contributed by atoms with Gasteiger partial charge in [0.1, 0.15) is 5.56 Å². The van der Waals surface area contributed by atoms with E-state index in [9.17, 15) is 4.79 Å². The lowest BCUT2D eigenvalue weighted by Gasteiger charge is -2.07. The van der Waals surface area contributed by atoms with Crippen molar-refractivity contribution in [3.05, 3.63) is 24.0 Å². The van der Waals surface area contributed by atoms with Gasteiger partial charge in [-0.15, -0.1) is 11.6 Å². The molecule has 0 aliphatic rings. The van der Waals surface area contributed by atoms with Crippen LogP contribution in [0.4, 0.5) is 5.69 Å². The molecule has 1 aromatic heterocycles. The highest BCUT2D eigenvalue weighted by Gasteiger charge is 2.11. The molecule has 0 aliphatic heterocycles. The lowest BCUT2D eigenvalue weighted by molar-refractivity contribution is 0.0527. The van der Waals surface area contributed by atoms with Crippen molar-refractivity contribution in [3.8, 4) is 0 Å². The minimum absolute atomic E-state index is 0.233. The van der Waals surface area contributed by atoms with Crippen LogP contribution in [0.2, 0.25) is 0 Å². The van der Waals surface area contributed by atoms with Crippen LogP contribution in [0.3, 0.4) is 0 Å². The van der Waals surface area contributed by atoms with Crippen molar-refractivity contribution in [2.45, 2.75) is 6.92 Å². The third-order valence-electron chi connectivity index (χ3n) is 1.57. The molecule has 4 nitrogen and oxygen atoms in total. The molecule has 5 heteroatoms. The smallest absolute Gasteiger partial charge is 0.341 e. The molecule has 76 valence electrons. The van der Waals surface area contributed by atoms with Gasteiger partial charge in [-0.25, -0.2) is 4.79 Å². The maximum atomic E-state index is 11.4. The van der Waals surface area contributed by atoms with Gasteiger partial charge >= 0.3 is 5.97 Å². The van der Waals surface area contributed by atoms with E-state index in [0.717, 1.165) is 0 Å². The average Bonchev–Trinajstić information content (AvgIpc) is 2.19. The number of alkyl halides is 1. The number of anilines is 1. The molecule has 0 amide bonds. The van der Waals surface area contributed by atoms with Gasteiger partial charge in [0.05, 0.1) is 18.3 Å². The van der Waals surface area contributed by atoms with Crippen LogP contribution >= 0.6 is 11.6 Å². The van der Waals surface area contributed by atoms with Gasteiger partial charge in [0.2, 0.25) is 0 Å². The predicted molar refractivity (Wildman–Crippen MR) is 54.5 cm³/mol. The Balaban J connectivity index is 2.88. The second-order valence-corrected chi connectivity index (χ2v) is 2.72. The first-order chi connectivity index (χ1) is 6.79. The fourth-order valence-corrected chi connectivity index (χ4v) is 1.14. The molecule has 0 saturated heterocycles. The van der Waals surface area contributed by atoms with Crippen molar-refractivity contribution in [1.29, 1.82) is 0 Å². The standard InChI is InChI=1S/C9H11ClN2O2/c1-2-14-9(13)7-5-11-4-3-8(7)12-6-10/h3-5H,2,6H2,1H3,(H,11,12). The maximum Gasteiger partial charge on any atom is 0.341 e. The molecule has 1 heterocycles. The van der Waals surface area contributed by atoms with E-state index in [4.69, 9.17) is 16.3 Å². The number of halogens is 1. The van der Waals surface area contributed by atoms with Crippen molar-refractivity contribution < 1.29 is 9.53 Å². The van der Waals surface area contributed by atoms with E-state index in [0.29, 0.717) is 17.9 Å². The summed E-state index contributed by atoms with van der Waals surface area (Å²) in [5.41, 5.74) is 1.03. The highest BCUT2D eigenvalue weighted by atomic mass is 35.5. The summed E-state index contributed by atoms with van der Waals surface area (Å²) < 4.78 is 4.85. The number of aromatic nitrogens is 1. The van der Waals surface area contributed by atoms with Crippen LogP contribution in [0.1, 0.15) is 17.3 Å². The van der Waals surface area contributed by atoms with E-state index in [1.54, 1.807) is 19.2 Å². The van der Waals surface area contributed by atoms with Crippen molar-refractivity contribution in [2.75, 3.05) is 17.9 Å². The summed E-state index contributed by atoms with van der Waals surface area (Å²) in [4.78, 5) is 15.2. The largest absolute Gasteiger partial charge is 0.462 e. The van der Waals surface area contributed by atoms with Crippen LogP contribution in [0.25, 0.3) is 0 Å². The molecule has 0 aromatic carbocycles. The van der Waals surface area contributed by atoms with E-state index in [1.165, 1.54) is 6.20 Å². The Morgan fingerprint density at radius 1 is 1.71 bits per heavy atom. The number of esters is 1. The van der Waals surface area contributed by atoms with Crippen molar-refractivity contribution in [2.24, 2.45) is 0 Å². The second kappa shape index (κ2) is 5.44. The van der Waals surface area contributed by atoms with E-state index in [2.05, 4.69) is 10.3 Å². The van der Waals surface area contributed by atoms with Gasteiger partial charge in [-0.05, 0) is 13.0 Å². The molecule has 1 N–H and O–H groups in total. The Hall–Kier alpha value is -1.29. The first-order valence-corrected chi connectivity index (χ1v) is 4.74. The Morgan fingerprint density at radius 2 is 2.50 bits per heavy atom. The Labute approximate surface area is 87.2 Å². The van der Waals surface area contributed by atoms with E-state index in [-0.39, 0.29) is 6.00 Å². The Kier molecular flexibility index (Phi) is 4.19. The van der Waals surface area contributed by atoms with Crippen LogP contribution in [0.5, 0.6) is 0 Å². The number of hydrogen-bond acceptors (Lipinski definition) is 4.